The van der Waals surface area contributed by atoms with E-state index < -0.39 is 0 Å². The molecule has 106 valence electrons. The number of carbonyl (C=O) groups excluding carboxylic acids is 2. The van der Waals surface area contributed by atoms with Gasteiger partial charge in [-0.3, -0.25) is 14.5 Å². The molecule has 2 heterocycles. The molecule has 0 radical (unpaired) electrons. The Kier molecular flexibility index (Phi) is 2.45. The number of nitrogens with zero attached hydrogens (tertiary/aromatic N) is 1. The first-order chi connectivity index (χ1) is 10.2. The lowest BCUT2D eigenvalue weighted by atomic mass is 9.92. The summed E-state index contributed by atoms with van der Waals surface area (Å²) in [5.41, 5.74) is 7.90. The summed E-state index contributed by atoms with van der Waals surface area (Å²) in [5, 5.41) is 0. The Labute approximate surface area is 121 Å². The van der Waals surface area contributed by atoms with Gasteiger partial charge in [-0.25, -0.2) is 0 Å². The monoisotopic (exact) mass is 282 g/mol. The smallest absolute Gasteiger partial charge is 0.264 e. The number of amides is 2. The quantitative estimate of drug-likeness (QED) is 0.644. The zero-order chi connectivity index (χ0) is 14.6. The molecule has 0 bridgehead atoms. The Morgan fingerprint density at radius 2 is 2.05 bits per heavy atom. The molecular weight excluding hydrogens is 268 g/mol. The molecular formula is C16H14N2O3. The van der Waals surface area contributed by atoms with E-state index in [9.17, 15) is 9.59 Å². The summed E-state index contributed by atoms with van der Waals surface area (Å²) < 4.78 is 5.44. The second-order valence-electron chi connectivity index (χ2n) is 5.46. The van der Waals surface area contributed by atoms with Gasteiger partial charge in [-0.05, 0) is 31.0 Å². The Bertz CT molecular complexity index is 763. The van der Waals surface area contributed by atoms with Gasteiger partial charge in [0.25, 0.3) is 11.8 Å². The zero-order valence-corrected chi connectivity index (χ0v) is 11.3. The lowest BCUT2D eigenvalue weighted by Crippen LogP contribution is -2.35. The lowest BCUT2D eigenvalue weighted by Gasteiger charge is -2.29. The van der Waals surface area contributed by atoms with E-state index in [0.29, 0.717) is 16.8 Å². The second-order valence-corrected chi connectivity index (χ2v) is 5.46. The molecule has 21 heavy (non-hydrogen) atoms. The van der Waals surface area contributed by atoms with Gasteiger partial charge in [-0.15, -0.1) is 0 Å². The molecule has 0 spiro atoms. The number of fused-ring (bicyclic) bond motifs is 2. The van der Waals surface area contributed by atoms with Crippen molar-refractivity contribution in [3.05, 3.63) is 53.0 Å². The minimum absolute atomic E-state index is 0.251. The number of nitrogen functional groups attached to an aromatic ring is 1. The maximum Gasteiger partial charge on any atom is 0.264 e. The highest BCUT2D eigenvalue weighted by Crippen LogP contribution is 2.40. The van der Waals surface area contributed by atoms with Crippen LogP contribution in [0.1, 0.15) is 50.9 Å². The molecule has 0 fully saturated rings. The summed E-state index contributed by atoms with van der Waals surface area (Å²) in [5.74, 6) is 0.310. The van der Waals surface area contributed by atoms with Crippen LogP contribution in [0.25, 0.3) is 0 Å². The minimum atomic E-state index is -0.299. The van der Waals surface area contributed by atoms with Crippen LogP contribution in [0.2, 0.25) is 0 Å². The van der Waals surface area contributed by atoms with Gasteiger partial charge in [-0.2, -0.15) is 0 Å². The van der Waals surface area contributed by atoms with Gasteiger partial charge in [0.05, 0.1) is 23.4 Å². The van der Waals surface area contributed by atoms with E-state index in [0.717, 1.165) is 30.6 Å². The predicted octanol–water partition coefficient (Wildman–Crippen LogP) is 2.54. The third-order valence-corrected chi connectivity index (χ3v) is 4.31. The van der Waals surface area contributed by atoms with Crippen molar-refractivity contribution < 1.29 is 14.0 Å². The van der Waals surface area contributed by atoms with E-state index in [1.165, 1.54) is 4.90 Å². The molecule has 1 aliphatic carbocycles. The van der Waals surface area contributed by atoms with E-state index in [-0.39, 0.29) is 17.9 Å². The second kappa shape index (κ2) is 4.22. The zero-order valence-electron chi connectivity index (χ0n) is 11.3. The molecule has 0 saturated carbocycles. The number of rotatable bonds is 1. The number of hydrogen-bond acceptors (Lipinski definition) is 4. The molecule has 1 aliphatic heterocycles. The standard InChI is InChI=1S/C16H14N2O3/c17-11-4-1-3-10-14(11)16(20)18(15(10)19)12-5-2-6-13-9(12)7-8-21-13/h1,3-4,7-8,12H,2,5-6,17H2. The maximum atomic E-state index is 12.7. The maximum absolute atomic E-state index is 12.7. The van der Waals surface area contributed by atoms with Crippen LogP contribution in [0, 0.1) is 0 Å². The van der Waals surface area contributed by atoms with Gasteiger partial charge in [0, 0.05) is 17.7 Å². The van der Waals surface area contributed by atoms with Crippen molar-refractivity contribution in [2.75, 3.05) is 5.73 Å². The average molecular weight is 282 g/mol. The van der Waals surface area contributed by atoms with Gasteiger partial charge in [0.2, 0.25) is 0 Å². The van der Waals surface area contributed by atoms with Crippen molar-refractivity contribution in [3.63, 3.8) is 0 Å². The highest BCUT2D eigenvalue weighted by molar-refractivity contribution is 6.23. The highest BCUT2D eigenvalue weighted by atomic mass is 16.3. The molecule has 0 saturated heterocycles. The van der Waals surface area contributed by atoms with Crippen molar-refractivity contribution in [2.45, 2.75) is 25.3 Å². The van der Waals surface area contributed by atoms with Crippen LogP contribution in [-0.4, -0.2) is 16.7 Å². The summed E-state index contributed by atoms with van der Waals surface area (Å²) in [4.78, 5) is 26.6. The fourth-order valence-corrected chi connectivity index (χ4v) is 3.34. The van der Waals surface area contributed by atoms with Crippen molar-refractivity contribution >= 4 is 17.5 Å². The summed E-state index contributed by atoms with van der Waals surface area (Å²) in [7, 11) is 0. The molecule has 1 atom stereocenters. The first kappa shape index (κ1) is 12.2. The first-order valence-electron chi connectivity index (χ1n) is 7.01. The number of nitrogens with two attached hydrogens (primary N) is 1. The Balaban J connectivity index is 1.81. The highest BCUT2D eigenvalue weighted by Gasteiger charge is 2.43. The van der Waals surface area contributed by atoms with Gasteiger partial charge < -0.3 is 10.2 Å². The summed E-state index contributed by atoms with van der Waals surface area (Å²) in [6.07, 6.45) is 4.13. The number of carbonyl (C=O) groups is 2. The Morgan fingerprint density at radius 3 is 2.86 bits per heavy atom. The molecule has 2 amide bonds. The SMILES string of the molecule is Nc1cccc2c1C(=O)N(C1CCCc3occc31)C2=O. The number of aryl methyl sites for hydroxylation is 1. The van der Waals surface area contributed by atoms with Crippen LogP contribution in [0.5, 0.6) is 0 Å². The van der Waals surface area contributed by atoms with Crippen molar-refractivity contribution in [3.8, 4) is 0 Å². The van der Waals surface area contributed by atoms with Crippen LogP contribution in [0.3, 0.4) is 0 Å². The van der Waals surface area contributed by atoms with E-state index >= 15 is 0 Å². The average Bonchev–Trinajstić information content (AvgIpc) is 3.04. The van der Waals surface area contributed by atoms with Crippen LogP contribution in [0.4, 0.5) is 5.69 Å². The number of anilines is 1. The van der Waals surface area contributed by atoms with Gasteiger partial charge in [-0.1, -0.05) is 6.07 Å². The summed E-state index contributed by atoms with van der Waals surface area (Å²) in [6.45, 7) is 0. The predicted molar refractivity (Wildman–Crippen MR) is 75.7 cm³/mol. The van der Waals surface area contributed by atoms with E-state index in [2.05, 4.69) is 0 Å². The molecule has 2 N–H and O–H groups in total. The summed E-state index contributed by atoms with van der Waals surface area (Å²) >= 11 is 0. The minimum Gasteiger partial charge on any atom is -0.469 e. The normalized spacial score (nSPS) is 20.6. The summed E-state index contributed by atoms with van der Waals surface area (Å²) in [6, 6.07) is 6.61. The number of benzene rings is 1. The number of imide groups is 1. The first-order valence-corrected chi connectivity index (χ1v) is 7.01. The van der Waals surface area contributed by atoms with Crippen molar-refractivity contribution in [1.29, 1.82) is 0 Å². The Morgan fingerprint density at radius 1 is 1.19 bits per heavy atom. The fourth-order valence-electron chi connectivity index (χ4n) is 3.34. The molecule has 1 aromatic heterocycles. The molecule has 5 heteroatoms. The van der Waals surface area contributed by atoms with Crippen LogP contribution < -0.4 is 5.73 Å². The van der Waals surface area contributed by atoms with Crippen molar-refractivity contribution in [2.24, 2.45) is 0 Å². The number of furan rings is 1. The third kappa shape index (κ3) is 1.57. The van der Waals surface area contributed by atoms with Crippen LogP contribution in [-0.2, 0) is 6.42 Å². The largest absolute Gasteiger partial charge is 0.469 e. The van der Waals surface area contributed by atoms with E-state index in [4.69, 9.17) is 10.2 Å². The molecule has 1 unspecified atom stereocenters. The van der Waals surface area contributed by atoms with Crippen LogP contribution in [0.15, 0.2) is 34.9 Å². The van der Waals surface area contributed by atoms with Crippen LogP contribution >= 0.6 is 0 Å². The van der Waals surface area contributed by atoms with Crippen molar-refractivity contribution in [1.82, 2.24) is 4.90 Å². The molecule has 4 rings (SSSR count). The Hall–Kier alpha value is -2.56. The van der Waals surface area contributed by atoms with Gasteiger partial charge in [0.1, 0.15) is 5.76 Å². The number of hydrogen-bond donors (Lipinski definition) is 1. The molecule has 2 aliphatic rings. The van der Waals surface area contributed by atoms with E-state index in [1.54, 1.807) is 24.5 Å². The molecule has 5 nitrogen and oxygen atoms in total. The molecule has 1 aromatic carbocycles. The topological polar surface area (TPSA) is 76.5 Å². The van der Waals surface area contributed by atoms with E-state index in [1.807, 2.05) is 6.07 Å². The lowest BCUT2D eigenvalue weighted by molar-refractivity contribution is 0.0565. The van der Waals surface area contributed by atoms with Gasteiger partial charge >= 0.3 is 0 Å². The third-order valence-electron chi connectivity index (χ3n) is 4.31. The fraction of sp³-hybridized carbons (Fsp3) is 0.250. The van der Waals surface area contributed by atoms with Gasteiger partial charge in [0.15, 0.2) is 0 Å². The molecule has 2 aromatic rings.